The van der Waals surface area contributed by atoms with Crippen molar-refractivity contribution < 1.29 is 33.3 Å². The average Bonchev–Trinajstić information content (AvgIpc) is 3.65. The zero-order chi connectivity index (χ0) is 27.5. The number of amides is 3. The lowest BCUT2D eigenvalue weighted by Crippen LogP contribution is -2.50. The predicted molar refractivity (Wildman–Crippen MR) is 146 cm³/mol. The number of benzene rings is 3. The number of hydrogen-bond acceptors (Lipinski definition) is 8. The number of anilines is 3. The molecular weight excluding hydrogens is 514 g/mol. The molecular formula is C30H25N3O7. The summed E-state index contributed by atoms with van der Waals surface area (Å²) in [6.45, 7) is 0.0726. The molecule has 0 saturated carbocycles. The van der Waals surface area contributed by atoms with Gasteiger partial charge in [0.1, 0.15) is 17.5 Å². The van der Waals surface area contributed by atoms with Gasteiger partial charge < -0.3 is 29.2 Å². The average molecular weight is 540 g/mol. The van der Waals surface area contributed by atoms with Crippen molar-refractivity contribution in [2.45, 2.75) is 12.1 Å². The SMILES string of the molecule is COc1ccc(OC)c(NC(=O)[C@@H]2[C@@H]3C(=O)N(c4ccc5c(c4)OCO5)C(=O)[C@H]3[C@H]3C=Cc4ccccc4N32)c1. The van der Waals surface area contributed by atoms with E-state index >= 15 is 0 Å². The van der Waals surface area contributed by atoms with Gasteiger partial charge in [-0.05, 0) is 35.9 Å². The summed E-state index contributed by atoms with van der Waals surface area (Å²) >= 11 is 0. The Morgan fingerprint density at radius 3 is 2.55 bits per heavy atom. The van der Waals surface area contributed by atoms with E-state index in [0.717, 1.165) is 11.3 Å². The van der Waals surface area contributed by atoms with E-state index in [1.165, 1.54) is 19.1 Å². The number of fused-ring (bicyclic) bond motifs is 6. The van der Waals surface area contributed by atoms with Gasteiger partial charge in [-0.2, -0.15) is 0 Å². The minimum Gasteiger partial charge on any atom is -0.497 e. The Labute approximate surface area is 229 Å². The molecule has 40 heavy (non-hydrogen) atoms. The topological polar surface area (TPSA) is 107 Å². The molecule has 202 valence electrons. The normalized spacial score (nSPS) is 23.6. The van der Waals surface area contributed by atoms with Gasteiger partial charge in [0, 0.05) is 17.8 Å². The highest BCUT2D eigenvalue weighted by Crippen LogP contribution is 2.50. The zero-order valence-electron chi connectivity index (χ0n) is 21.7. The van der Waals surface area contributed by atoms with E-state index in [2.05, 4.69) is 5.32 Å². The van der Waals surface area contributed by atoms with Gasteiger partial charge in [0.15, 0.2) is 11.5 Å². The molecule has 0 bridgehead atoms. The third-order valence-electron chi connectivity index (χ3n) is 7.96. The van der Waals surface area contributed by atoms with Gasteiger partial charge >= 0.3 is 0 Å². The van der Waals surface area contributed by atoms with Crippen molar-refractivity contribution >= 4 is 40.9 Å². The Morgan fingerprint density at radius 2 is 1.73 bits per heavy atom. The van der Waals surface area contributed by atoms with Crippen LogP contribution in [0.25, 0.3) is 6.08 Å². The number of carbonyl (C=O) groups excluding carboxylic acids is 3. The molecule has 2 fully saturated rings. The molecule has 1 N–H and O–H groups in total. The maximum absolute atomic E-state index is 14.1. The lowest BCUT2D eigenvalue weighted by atomic mass is 9.88. The van der Waals surface area contributed by atoms with Crippen LogP contribution in [-0.4, -0.2) is 50.8 Å². The number of rotatable bonds is 5. The van der Waals surface area contributed by atoms with E-state index < -0.39 is 35.7 Å². The summed E-state index contributed by atoms with van der Waals surface area (Å²) in [5, 5.41) is 2.95. The number of hydrogen-bond donors (Lipinski definition) is 1. The van der Waals surface area contributed by atoms with E-state index in [0.29, 0.717) is 34.4 Å². The summed E-state index contributed by atoms with van der Waals surface area (Å²) in [5.41, 5.74) is 2.48. The van der Waals surface area contributed by atoms with Crippen LogP contribution in [0.4, 0.5) is 17.1 Å². The molecule has 3 aromatic rings. The van der Waals surface area contributed by atoms with Crippen LogP contribution in [0.2, 0.25) is 0 Å². The third kappa shape index (κ3) is 3.45. The van der Waals surface area contributed by atoms with Gasteiger partial charge in [-0.25, -0.2) is 4.90 Å². The molecule has 10 heteroatoms. The summed E-state index contributed by atoms with van der Waals surface area (Å²) in [5.74, 6) is -0.924. The number of nitrogens with zero attached hydrogens (tertiary/aromatic N) is 2. The first kappa shape index (κ1) is 24.1. The van der Waals surface area contributed by atoms with Gasteiger partial charge in [0.05, 0.1) is 43.5 Å². The zero-order valence-corrected chi connectivity index (χ0v) is 21.7. The van der Waals surface area contributed by atoms with Gasteiger partial charge in [0.2, 0.25) is 24.5 Å². The van der Waals surface area contributed by atoms with Crippen LogP contribution >= 0.6 is 0 Å². The minimum absolute atomic E-state index is 0.0726. The second-order valence-corrected chi connectivity index (χ2v) is 9.92. The van der Waals surface area contributed by atoms with Crippen molar-refractivity contribution in [3.05, 3.63) is 72.3 Å². The summed E-state index contributed by atoms with van der Waals surface area (Å²) in [6.07, 6.45) is 3.85. The highest BCUT2D eigenvalue weighted by molar-refractivity contribution is 6.25. The second kappa shape index (κ2) is 9.04. The van der Waals surface area contributed by atoms with Crippen LogP contribution in [0.3, 0.4) is 0 Å². The molecule has 7 rings (SSSR count). The number of nitrogens with one attached hydrogen (secondary N) is 1. The van der Waals surface area contributed by atoms with Crippen LogP contribution < -0.4 is 34.1 Å². The Bertz CT molecular complexity index is 1600. The largest absolute Gasteiger partial charge is 0.497 e. The summed E-state index contributed by atoms with van der Waals surface area (Å²) in [7, 11) is 3.04. The Morgan fingerprint density at radius 1 is 0.925 bits per heavy atom. The maximum Gasteiger partial charge on any atom is 0.248 e. The quantitative estimate of drug-likeness (QED) is 0.492. The first-order valence-electron chi connectivity index (χ1n) is 12.9. The van der Waals surface area contributed by atoms with Crippen LogP contribution in [0.15, 0.2) is 66.7 Å². The highest BCUT2D eigenvalue weighted by Gasteiger charge is 2.64. The van der Waals surface area contributed by atoms with E-state index in [9.17, 15) is 14.4 Å². The molecule has 0 aliphatic carbocycles. The van der Waals surface area contributed by atoms with E-state index in [1.54, 1.807) is 36.4 Å². The molecule has 0 unspecified atom stereocenters. The van der Waals surface area contributed by atoms with Gasteiger partial charge in [-0.15, -0.1) is 0 Å². The fourth-order valence-corrected chi connectivity index (χ4v) is 6.21. The van der Waals surface area contributed by atoms with Gasteiger partial charge in [-0.1, -0.05) is 30.4 Å². The van der Waals surface area contributed by atoms with E-state index in [1.807, 2.05) is 41.3 Å². The van der Waals surface area contributed by atoms with Crippen molar-refractivity contribution in [1.29, 1.82) is 0 Å². The minimum atomic E-state index is -0.965. The van der Waals surface area contributed by atoms with Crippen molar-refractivity contribution in [1.82, 2.24) is 0 Å². The van der Waals surface area contributed by atoms with Gasteiger partial charge in [-0.3, -0.25) is 14.4 Å². The lowest BCUT2D eigenvalue weighted by molar-refractivity contribution is -0.126. The molecule has 0 spiro atoms. The van der Waals surface area contributed by atoms with Gasteiger partial charge in [0.25, 0.3) is 0 Å². The fraction of sp³-hybridized carbons (Fsp3) is 0.233. The number of para-hydroxylation sites is 1. The molecule has 10 nitrogen and oxygen atoms in total. The highest BCUT2D eigenvalue weighted by atomic mass is 16.7. The van der Waals surface area contributed by atoms with Crippen LogP contribution in [0, 0.1) is 11.8 Å². The summed E-state index contributed by atoms with van der Waals surface area (Å²) in [6, 6.07) is 16.2. The first-order valence-corrected chi connectivity index (χ1v) is 12.9. The van der Waals surface area contributed by atoms with Crippen LogP contribution in [-0.2, 0) is 14.4 Å². The number of carbonyl (C=O) groups is 3. The van der Waals surface area contributed by atoms with Crippen LogP contribution in [0.1, 0.15) is 5.56 Å². The van der Waals surface area contributed by atoms with Crippen molar-refractivity contribution in [3.63, 3.8) is 0 Å². The predicted octanol–water partition coefficient (Wildman–Crippen LogP) is 3.46. The molecule has 3 aromatic carbocycles. The molecule has 4 aliphatic rings. The maximum atomic E-state index is 14.1. The Balaban J connectivity index is 1.31. The molecule has 4 atom stereocenters. The summed E-state index contributed by atoms with van der Waals surface area (Å²) < 4.78 is 21.7. The van der Waals surface area contributed by atoms with Crippen molar-refractivity contribution in [3.8, 4) is 23.0 Å². The number of ether oxygens (including phenoxy) is 4. The summed E-state index contributed by atoms with van der Waals surface area (Å²) in [4.78, 5) is 45.3. The Kier molecular flexibility index (Phi) is 5.44. The molecule has 3 amide bonds. The molecule has 2 saturated heterocycles. The van der Waals surface area contributed by atoms with Crippen molar-refractivity contribution in [2.24, 2.45) is 11.8 Å². The van der Waals surface area contributed by atoms with E-state index in [-0.39, 0.29) is 12.7 Å². The standard InChI is InChI=1S/C30H25N3O7/c1-37-18-9-12-22(38-2)19(14-18)31-28(34)27-26-25(21-10-7-16-5-3-4-6-20(16)33(21)27)29(35)32(30(26)36)17-8-11-23-24(13-17)40-15-39-23/h3-14,21,25-27H,15H2,1-2H3,(H,31,34)/t21-,25+,26-,27+/m1/s1. The van der Waals surface area contributed by atoms with E-state index in [4.69, 9.17) is 18.9 Å². The number of imide groups is 1. The second-order valence-electron chi connectivity index (χ2n) is 9.92. The molecule has 0 radical (unpaired) electrons. The monoisotopic (exact) mass is 539 g/mol. The van der Waals surface area contributed by atoms with Crippen LogP contribution in [0.5, 0.6) is 23.0 Å². The van der Waals surface area contributed by atoms with Crippen molar-refractivity contribution in [2.75, 3.05) is 36.1 Å². The Hall–Kier alpha value is -4.99. The molecule has 4 aliphatic heterocycles. The smallest absolute Gasteiger partial charge is 0.248 e. The lowest BCUT2D eigenvalue weighted by Gasteiger charge is -2.36. The first-order chi connectivity index (χ1) is 19.5. The third-order valence-corrected chi connectivity index (χ3v) is 7.96. The number of methoxy groups -OCH3 is 2. The molecule has 4 heterocycles. The fourth-order valence-electron chi connectivity index (χ4n) is 6.21. The molecule has 0 aromatic heterocycles.